The highest BCUT2D eigenvalue weighted by atomic mass is 16.1. The lowest BCUT2D eigenvalue weighted by Crippen LogP contribution is -2.51. The van der Waals surface area contributed by atoms with Gasteiger partial charge in [0.05, 0.1) is 11.7 Å². The van der Waals surface area contributed by atoms with E-state index >= 15 is 0 Å². The summed E-state index contributed by atoms with van der Waals surface area (Å²) in [5, 5.41) is 7.94. The number of likely N-dealkylation sites (tertiary alicyclic amines) is 1. The molecule has 5 nitrogen and oxygen atoms in total. The van der Waals surface area contributed by atoms with Gasteiger partial charge < -0.3 is 0 Å². The van der Waals surface area contributed by atoms with Crippen molar-refractivity contribution in [2.75, 3.05) is 13.1 Å². The molecule has 0 spiro atoms. The van der Waals surface area contributed by atoms with E-state index in [1.54, 1.807) is 10.9 Å². The molecular weight excluding hydrogens is 240 g/mol. The first-order valence-electron chi connectivity index (χ1n) is 7.31. The standard InChI is InChI=1S/C14H24N4O/c1-4-8-18-12(11-15-16-18)13(19)14(3,5-2)17-9-6-7-10-17/h11H,4-10H2,1-3H3. The molecule has 1 aliphatic heterocycles. The molecule has 1 saturated heterocycles. The Morgan fingerprint density at radius 3 is 2.63 bits per heavy atom. The van der Waals surface area contributed by atoms with Crippen LogP contribution in [0, 0.1) is 0 Å². The van der Waals surface area contributed by atoms with E-state index in [1.807, 2.05) is 0 Å². The number of rotatable bonds is 6. The molecule has 19 heavy (non-hydrogen) atoms. The van der Waals surface area contributed by atoms with Crippen LogP contribution in [0.2, 0.25) is 0 Å². The summed E-state index contributed by atoms with van der Waals surface area (Å²) in [6, 6.07) is 0. The Morgan fingerprint density at radius 1 is 1.37 bits per heavy atom. The van der Waals surface area contributed by atoms with E-state index in [0.29, 0.717) is 5.69 Å². The van der Waals surface area contributed by atoms with Gasteiger partial charge in [-0.25, -0.2) is 4.68 Å². The molecule has 0 saturated carbocycles. The summed E-state index contributed by atoms with van der Waals surface area (Å²) < 4.78 is 1.74. The van der Waals surface area contributed by atoms with Crippen molar-refractivity contribution in [3.8, 4) is 0 Å². The Bertz CT molecular complexity index is 436. The summed E-state index contributed by atoms with van der Waals surface area (Å²) in [7, 11) is 0. The number of carbonyl (C=O) groups excluding carboxylic acids is 1. The third kappa shape index (κ3) is 2.56. The maximum absolute atomic E-state index is 12.9. The molecule has 106 valence electrons. The topological polar surface area (TPSA) is 51.0 Å². The van der Waals surface area contributed by atoms with Gasteiger partial charge in [-0.05, 0) is 45.7 Å². The summed E-state index contributed by atoms with van der Waals surface area (Å²) in [6.07, 6.45) is 5.77. The number of aryl methyl sites for hydroxylation is 1. The van der Waals surface area contributed by atoms with E-state index in [9.17, 15) is 4.79 Å². The van der Waals surface area contributed by atoms with Gasteiger partial charge in [0.1, 0.15) is 5.69 Å². The largest absolute Gasteiger partial charge is 0.291 e. The quantitative estimate of drug-likeness (QED) is 0.739. The van der Waals surface area contributed by atoms with E-state index in [4.69, 9.17) is 0 Å². The van der Waals surface area contributed by atoms with Gasteiger partial charge >= 0.3 is 0 Å². The molecule has 1 fully saturated rings. The van der Waals surface area contributed by atoms with Crippen LogP contribution < -0.4 is 0 Å². The normalized spacial score (nSPS) is 19.5. The Labute approximate surface area is 115 Å². The molecule has 1 aromatic rings. The monoisotopic (exact) mass is 264 g/mol. The highest BCUT2D eigenvalue weighted by molar-refractivity contribution is 6.01. The van der Waals surface area contributed by atoms with E-state index in [1.165, 1.54) is 12.8 Å². The van der Waals surface area contributed by atoms with E-state index in [-0.39, 0.29) is 5.78 Å². The van der Waals surface area contributed by atoms with Crippen molar-refractivity contribution in [1.29, 1.82) is 0 Å². The third-order valence-electron chi connectivity index (χ3n) is 4.27. The second kappa shape index (κ2) is 5.82. The van der Waals surface area contributed by atoms with Gasteiger partial charge in [0.25, 0.3) is 0 Å². The fraction of sp³-hybridized carbons (Fsp3) is 0.786. The van der Waals surface area contributed by atoms with Crippen LogP contribution in [0.15, 0.2) is 6.20 Å². The molecule has 1 unspecified atom stereocenters. The molecule has 1 atom stereocenters. The van der Waals surface area contributed by atoms with Crippen LogP contribution in [-0.2, 0) is 6.54 Å². The van der Waals surface area contributed by atoms with Gasteiger partial charge in [0, 0.05) is 6.54 Å². The van der Waals surface area contributed by atoms with E-state index in [2.05, 4.69) is 36.0 Å². The molecule has 0 amide bonds. The molecule has 1 aromatic heterocycles. The Hall–Kier alpha value is -1.23. The van der Waals surface area contributed by atoms with Gasteiger partial charge in [0.2, 0.25) is 5.78 Å². The van der Waals surface area contributed by atoms with Crippen molar-refractivity contribution in [3.63, 3.8) is 0 Å². The van der Waals surface area contributed by atoms with Gasteiger partial charge in [-0.1, -0.05) is 19.1 Å². The fourth-order valence-corrected chi connectivity index (χ4v) is 2.82. The maximum atomic E-state index is 12.9. The number of carbonyl (C=O) groups is 1. The summed E-state index contributed by atoms with van der Waals surface area (Å²) in [4.78, 5) is 15.2. The molecule has 0 aromatic carbocycles. The highest BCUT2D eigenvalue weighted by Crippen LogP contribution is 2.28. The molecule has 0 radical (unpaired) electrons. The smallest absolute Gasteiger partial charge is 0.202 e. The average molecular weight is 264 g/mol. The lowest BCUT2D eigenvalue weighted by atomic mass is 9.89. The average Bonchev–Trinajstić information content (AvgIpc) is 3.08. The summed E-state index contributed by atoms with van der Waals surface area (Å²) in [5.74, 6) is 0.162. The van der Waals surface area contributed by atoms with Gasteiger partial charge in [-0.3, -0.25) is 9.69 Å². The molecule has 2 rings (SSSR count). The molecule has 0 N–H and O–H groups in total. The molecule has 5 heteroatoms. The second-order valence-corrected chi connectivity index (χ2v) is 5.49. The number of hydrogen-bond donors (Lipinski definition) is 0. The molecule has 0 bridgehead atoms. The zero-order chi connectivity index (χ0) is 13.9. The third-order valence-corrected chi connectivity index (χ3v) is 4.27. The minimum absolute atomic E-state index is 0.162. The van der Waals surface area contributed by atoms with Crippen LogP contribution in [0.25, 0.3) is 0 Å². The van der Waals surface area contributed by atoms with Crippen molar-refractivity contribution in [3.05, 3.63) is 11.9 Å². The van der Waals surface area contributed by atoms with Gasteiger partial charge in [-0.15, -0.1) is 5.10 Å². The molecule has 0 aliphatic carbocycles. The second-order valence-electron chi connectivity index (χ2n) is 5.49. The van der Waals surface area contributed by atoms with Crippen LogP contribution in [-0.4, -0.2) is 44.3 Å². The maximum Gasteiger partial charge on any atom is 0.202 e. The number of hydrogen-bond acceptors (Lipinski definition) is 4. The van der Waals surface area contributed by atoms with Gasteiger partial charge in [-0.2, -0.15) is 0 Å². The van der Waals surface area contributed by atoms with Crippen molar-refractivity contribution >= 4 is 5.78 Å². The van der Waals surface area contributed by atoms with Crippen LogP contribution in [0.3, 0.4) is 0 Å². The Morgan fingerprint density at radius 2 is 2.05 bits per heavy atom. The van der Waals surface area contributed by atoms with Crippen molar-refractivity contribution in [2.24, 2.45) is 0 Å². The zero-order valence-electron chi connectivity index (χ0n) is 12.2. The SMILES string of the molecule is CCCn1nncc1C(=O)C(C)(CC)N1CCCC1. The van der Waals surface area contributed by atoms with Crippen LogP contribution in [0.4, 0.5) is 0 Å². The number of nitrogens with zero attached hydrogens (tertiary/aromatic N) is 4. The lowest BCUT2D eigenvalue weighted by Gasteiger charge is -2.36. The summed E-state index contributed by atoms with van der Waals surface area (Å²) in [5.41, 5.74) is 0.238. The first-order chi connectivity index (χ1) is 9.13. The number of aromatic nitrogens is 3. The first-order valence-corrected chi connectivity index (χ1v) is 7.31. The number of ketones is 1. The molecular formula is C14H24N4O. The fourth-order valence-electron chi connectivity index (χ4n) is 2.82. The van der Waals surface area contributed by atoms with Gasteiger partial charge in [0.15, 0.2) is 0 Å². The highest BCUT2D eigenvalue weighted by Gasteiger charge is 2.40. The minimum Gasteiger partial charge on any atom is -0.291 e. The van der Waals surface area contributed by atoms with Crippen molar-refractivity contribution in [2.45, 2.75) is 58.5 Å². The Balaban J connectivity index is 2.26. The van der Waals surface area contributed by atoms with Crippen LogP contribution in [0.5, 0.6) is 0 Å². The predicted molar refractivity (Wildman–Crippen MR) is 74.1 cm³/mol. The lowest BCUT2D eigenvalue weighted by molar-refractivity contribution is 0.0635. The zero-order valence-corrected chi connectivity index (χ0v) is 12.2. The summed E-state index contributed by atoms with van der Waals surface area (Å²) in [6.45, 7) is 9.02. The van der Waals surface area contributed by atoms with Crippen molar-refractivity contribution < 1.29 is 4.79 Å². The first kappa shape index (κ1) is 14.2. The van der Waals surface area contributed by atoms with Crippen LogP contribution in [0.1, 0.15) is 56.9 Å². The Kier molecular flexibility index (Phi) is 4.34. The summed E-state index contributed by atoms with van der Waals surface area (Å²) >= 11 is 0. The van der Waals surface area contributed by atoms with Crippen molar-refractivity contribution in [1.82, 2.24) is 19.9 Å². The number of Topliss-reactive ketones (excluding diaryl/α,β-unsaturated/α-hetero) is 1. The molecule has 1 aliphatic rings. The predicted octanol–water partition coefficient (Wildman–Crippen LogP) is 2.14. The van der Waals surface area contributed by atoms with Crippen LogP contribution >= 0.6 is 0 Å². The molecule has 2 heterocycles. The minimum atomic E-state index is -0.413. The van der Waals surface area contributed by atoms with E-state index in [0.717, 1.165) is 32.5 Å². The van der Waals surface area contributed by atoms with E-state index < -0.39 is 5.54 Å².